The maximum atomic E-state index is 10.4. The third kappa shape index (κ3) is 2.99. The van der Waals surface area contributed by atoms with Gasteiger partial charge in [0.15, 0.2) is 0 Å². The van der Waals surface area contributed by atoms with E-state index in [1.54, 1.807) is 0 Å². The minimum Gasteiger partial charge on any atom is -0.393 e. The Kier molecular flexibility index (Phi) is 4.16. The number of benzene rings is 1. The Balaban J connectivity index is 1.66. The fourth-order valence-electron chi connectivity index (χ4n) is 3.29. The summed E-state index contributed by atoms with van der Waals surface area (Å²) < 4.78 is 5.89. The Morgan fingerprint density at radius 3 is 3.11 bits per heavy atom. The topological polar surface area (TPSA) is 41.5 Å². The lowest BCUT2D eigenvalue weighted by atomic mass is 9.87. The molecule has 2 N–H and O–H groups in total. The zero-order valence-electron chi connectivity index (χ0n) is 11.3. The van der Waals surface area contributed by atoms with Crippen LogP contribution in [0.25, 0.3) is 0 Å². The molecule has 3 rings (SSSR count). The average molecular weight is 261 g/mol. The molecule has 1 saturated heterocycles. The molecule has 0 spiro atoms. The molecule has 1 aromatic carbocycles. The highest BCUT2D eigenvalue weighted by Gasteiger charge is 2.28. The van der Waals surface area contributed by atoms with Crippen LogP contribution in [0.5, 0.6) is 0 Å². The van der Waals surface area contributed by atoms with Crippen molar-refractivity contribution in [3.05, 3.63) is 35.4 Å². The lowest BCUT2D eigenvalue weighted by molar-refractivity contribution is -0.0148. The van der Waals surface area contributed by atoms with Crippen molar-refractivity contribution in [3.63, 3.8) is 0 Å². The Labute approximate surface area is 115 Å². The number of piperidine rings is 1. The first-order chi connectivity index (χ1) is 9.34. The second-order valence-corrected chi connectivity index (χ2v) is 5.72. The van der Waals surface area contributed by atoms with Crippen molar-refractivity contribution >= 4 is 0 Å². The summed E-state index contributed by atoms with van der Waals surface area (Å²) in [5.41, 5.74) is 2.66. The van der Waals surface area contributed by atoms with E-state index in [0.717, 1.165) is 39.0 Å². The van der Waals surface area contributed by atoms with Crippen LogP contribution in [-0.4, -0.2) is 30.9 Å². The smallest absolute Gasteiger partial charge is 0.0852 e. The molecule has 0 bridgehead atoms. The van der Waals surface area contributed by atoms with Gasteiger partial charge < -0.3 is 15.2 Å². The molecule has 3 atom stereocenters. The van der Waals surface area contributed by atoms with E-state index in [1.807, 2.05) is 0 Å². The molecule has 3 nitrogen and oxygen atoms in total. The van der Waals surface area contributed by atoms with Gasteiger partial charge in [0.2, 0.25) is 0 Å². The number of aliphatic hydroxyl groups is 1. The number of aliphatic hydroxyl groups excluding tert-OH is 1. The summed E-state index contributed by atoms with van der Waals surface area (Å²) in [6.07, 6.45) is 3.83. The third-order valence-corrected chi connectivity index (χ3v) is 4.43. The van der Waals surface area contributed by atoms with E-state index in [2.05, 4.69) is 29.6 Å². The van der Waals surface area contributed by atoms with Crippen molar-refractivity contribution in [1.29, 1.82) is 0 Å². The van der Waals surface area contributed by atoms with Gasteiger partial charge in [-0.25, -0.2) is 0 Å². The summed E-state index contributed by atoms with van der Waals surface area (Å²) in [6, 6.07) is 8.47. The molecule has 2 aliphatic heterocycles. The van der Waals surface area contributed by atoms with Crippen LogP contribution in [-0.2, 0) is 11.2 Å². The standard InChI is InChI=1S/C16H23NO2/c18-15(13-5-3-8-17-11-13)10-16-14-6-2-1-4-12(14)7-9-19-16/h1-2,4,6,13,15-18H,3,5,7-11H2. The Bertz CT molecular complexity index is 415. The first-order valence-corrected chi connectivity index (χ1v) is 7.43. The summed E-state index contributed by atoms with van der Waals surface area (Å²) >= 11 is 0. The van der Waals surface area contributed by atoms with Crippen molar-refractivity contribution in [2.24, 2.45) is 5.92 Å². The van der Waals surface area contributed by atoms with Gasteiger partial charge in [0.25, 0.3) is 0 Å². The molecule has 1 fully saturated rings. The predicted octanol–water partition coefficient (Wildman–Crippen LogP) is 2.05. The first-order valence-electron chi connectivity index (χ1n) is 7.43. The molecule has 104 valence electrons. The van der Waals surface area contributed by atoms with Crippen molar-refractivity contribution in [3.8, 4) is 0 Å². The molecule has 1 aromatic rings. The van der Waals surface area contributed by atoms with Gasteiger partial charge in [-0.05, 0) is 42.9 Å². The maximum absolute atomic E-state index is 10.4. The van der Waals surface area contributed by atoms with Crippen LogP contribution in [0.1, 0.15) is 36.5 Å². The molecule has 0 saturated carbocycles. The van der Waals surface area contributed by atoms with Gasteiger partial charge in [0.05, 0.1) is 18.8 Å². The number of hydrogen-bond donors (Lipinski definition) is 2. The number of nitrogens with one attached hydrogen (secondary N) is 1. The van der Waals surface area contributed by atoms with Crippen LogP contribution < -0.4 is 5.32 Å². The van der Waals surface area contributed by atoms with E-state index in [9.17, 15) is 5.11 Å². The molecule has 3 heteroatoms. The van der Waals surface area contributed by atoms with Crippen LogP contribution >= 0.6 is 0 Å². The van der Waals surface area contributed by atoms with E-state index >= 15 is 0 Å². The second kappa shape index (κ2) is 6.04. The Morgan fingerprint density at radius 1 is 1.37 bits per heavy atom. The van der Waals surface area contributed by atoms with Crippen LogP contribution in [0.4, 0.5) is 0 Å². The van der Waals surface area contributed by atoms with Crippen molar-refractivity contribution in [2.45, 2.75) is 37.9 Å². The summed E-state index contributed by atoms with van der Waals surface area (Å²) in [6.45, 7) is 2.80. The highest BCUT2D eigenvalue weighted by atomic mass is 16.5. The fraction of sp³-hybridized carbons (Fsp3) is 0.625. The molecule has 0 radical (unpaired) electrons. The minimum atomic E-state index is -0.260. The SMILES string of the molecule is OC(CC1OCCc2ccccc21)C1CCCNC1. The summed E-state index contributed by atoms with van der Waals surface area (Å²) in [5, 5.41) is 13.8. The van der Waals surface area contributed by atoms with E-state index in [0.29, 0.717) is 5.92 Å². The first kappa shape index (κ1) is 13.1. The molecule has 2 aliphatic rings. The van der Waals surface area contributed by atoms with Crippen molar-refractivity contribution in [1.82, 2.24) is 5.32 Å². The lowest BCUT2D eigenvalue weighted by Crippen LogP contribution is -2.37. The van der Waals surface area contributed by atoms with Crippen LogP contribution in [0, 0.1) is 5.92 Å². The molecular formula is C16H23NO2. The molecule has 0 amide bonds. The predicted molar refractivity (Wildman–Crippen MR) is 75.1 cm³/mol. The van der Waals surface area contributed by atoms with Crippen molar-refractivity contribution in [2.75, 3.05) is 19.7 Å². The van der Waals surface area contributed by atoms with E-state index in [1.165, 1.54) is 17.5 Å². The molecule has 0 aromatic heterocycles. The van der Waals surface area contributed by atoms with E-state index in [4.69, 9.17) is 4.74 Å². The minimum absolute atomic E-state index is 0.0712. The van der Waals surface area contributed by atoms with Gasteiger partial charge in [-0.15, -0.1) is 0 Å². The normalized spacial score (nSPS) is 28.7. The number of rotatable bonds is 3. The van der Waals surface area contributed by atoms with Gasteiger partial charge in [-0.2, -0.15) is 0 Å². The van der Waals surface area contributed by atoms with E-state index in [-0.39, 0.29) is 12.2 Å². The molecule has 3 unspecified atom stereocenters. The molecular weight excluding hydrogens is 238 g/mol. The third-order valence-electron chi connectivity index (χ3n) is 4.43. The quantitative estimate of drug-likeness (QED) is 0.875. The summed E-state index contributed by atoms with van der Waals surface area (Å²) in [7, 11) is 0. The zero-order chi connectivity index (χ0) is 13.1. The maximum Gasteiger partial charge on any atom is 0.0852 e. The summed E-state index contributed by atoms with van der Waals surface area (Å²) in [4.78, 5) is 0. The van der Waals surface area contributed by atoms with Gasteiger partial charge in [0.1, 0.15) is 0 Å². The van der Waals surface area contributed by atoms with Gasteiger partial charge >= 0.3 is 0 Å². The molecule has 0 aliphatic carbocycles. The van der Waals surface area contributed by atoms with E-state index < -0.39 is 0 Å². The molecule has 2 heterocycles. The molecule has 19 heavy (non-hydrogen) atoms. The second-order valence-electron chi connectivity index (χ2n) is 5.72. The average Bonchev–Trinajstić information content (AvgIpc) is 2.48. The summed E-state index contributed by atoms with van der Waals surface area (Å²) in [5.74, 6) is 0.381. The van der Waals surface area contributed by atoms with Crippen molar-refractivity contribution < 1.29 is 9.84 Å². The Morgan fingerprint density at radius 2 is 2.26 bits per heavy atom. The van der Waals surface area contributed by atoms with Crippen LogP contribution in [0.3, 0.4) is 0 Å². The van der Waals surface area contributed by atoms with Gasteiger partial charge in [-0.1, -0.05) is 24.3 Å². The zero-order valence-corrected chi connectivity index (χ0v) is 11.3. The fourth-order valence-corrected chi connectivity index (χ4v) is 3.29. The Hall–Kier alpha value is -0.900. The highest BCUT2D eigenvalue weighted by Crippen LogP contribution is 2.32. The number of ether oxygens (including phenoxy) is 1. The monoisotopic (exact) mass is 261 g/mol. The highest BCUT2D eigenvalue weighted by molar-refractivity contribution is 5.30. The lowest BCUT2D eigenvalue weighted by Gasteiger charge is -2.32. The largest absolute Gasteiger partial charge is 0.393 e. The number of fused-ring (bicyclic) bond motifs is 1. The van der Waals surface area contributed by atoms with Crippen LogP contribution in [0.2, 0.25) is 0 Å². The number of hydrogen-bond acceptors (Lipinski definition) is 3. The van der Waals surface area contributed by atoms with Gasteiger partial charge in [0, 0.05) is 13.0 Å². The van der Waals surface area contributed by atoms with Gasteiger partial charge in [-0.3, -0.25) is 0 Å². The van der Waals surface area contributed by atoms with Crippen LogP contribution in [0.15, 0.2) is 24.3 Å².